The lowest BCUT2D eigenvalue weighted by molar-refractivity contribution is -0.134. The first-order valence-electron chi connectivity index (χ1n) is 14.9. The predicted octanol–water partition coefficient (Wildman–Crippen LogP) is 6.92. The maximum atomic E-state index is 12.7. The number of aryl methyl sites for hydroxylation is 1. The van der Waals surface area contributed by atoms with E-state index in [1.165, 1.54) is 29.3 Å². The molecule has 7 nitrogen and oxygen atoms in total. The number of fused-ring (bicyclic) bond motifs is 1. The zero-order valence-electron chi connectivity index (χ0n) is 24.8. The number of nitrogens with one attached hydrogen (secondary N) is 2. The van der Waals surface area contributed by atoms with Gasteiger partial charge in [0.1, 0.15) is 5.82 Å². The second-order valence-electron chi connectivity index (χ2n) is 10.9. The van der Waals surface area contributed by atoms with E-state index in [0.717, 1.165) is 69.7 Å². The second kappa shape index (κ2) is 16.6. The lowest BCUT2D eigenvalue weighted by Crippen LogP contribution is -2.36. The highest BCUT2D eigenvalue weighted by Crippen LogP contribution is 2.25. The Labute approximate surface area is 245 Å². The molecule has 0 radical (unpaired) electrons. The van der Waals surface area contributed by atoms with Crippen LogP contribution >= 0.6 is 11.6 Å². The average Bonchev–Trinajstić information content (AvgIpc) is 3.26. The maximum Gasteiger partial charge on any atom is 0.276 e. The quantitative estimate of drug-likeness (QED) is 0.0996. The van der Waals surface area contributed by atoms with E-state index in [-0.39, 0.29) is 12.0 Å². The summed E-state index contributed by atoms with van der Waals surface area (Å²) in [6.45, 7) is 13.9. The van der Waals surface area contributed by atoms with Gasteiger partial charge in [-0.3, -0.25) is 9.63 Å². The summed E-state index contributed by atoms with van der Waals surface area (Å²) in [6.07, 6.45) is 14.1. The van der Waals surface area contributed by atoms with E-state index in [1.54, 1.807) is 12.3 Å². The number of aliphatic imine (C=N–C) groups is 1. The molecule has 1 fully saturated rings. The Hall–Kier alpha value is -2.61. The van der Waals surface area contributed by atoms with Crippen LogP contribution in [-0.4, -0.2) is 47.3 Å². The third kappa shape index (κ3) is 9.50. The second-order valence-corrected chi connectivity index (χ2v) is 11.3. The Balaban J connectivity index is 1.40. The van der Waals surface area contributed by atoms with Gasteiger partial charge in [0.2, 0.25) is 0 Å². The van der Waals surface area contributed by atoms with Gasteiger partial charge < -0.3 is 14.8 Å². The number of hydrogen-bond acceptors (Lipinski definition) is 5. The molecule has 1 unspecified atom stereocenters. The van der Waals surface area contributed by atoms with Crippen LogP contribution in [0.2, 0.25) is 5.02 Å². The molecule has 0 spiro atoms. The van der Waals surface area contributed by atoms with Gasteiger partial charge in [-0.1, -0.05) is 63.8 Å². The van der Waals surface area contributed by atoms with Gasteiger partial charge in [0.05, 0.1) is 11.7 Å². The van der Waals surface area contributed by atoms with Crippen LogP contribution in [0.5, 0.6) is 0 Å². The van der Waals surface area contributed by atoms with E-state index in [1.807, 2.05) is 19.1 Å². The van der Waals surface area contributed by atoms with Crippen LogP contribution in [0.25, 0.3) is 10.9 Å². The van der Waals surface area contributed by atoms with E-state index in [0.29, 0.717) is 17.3 Å². The van der Waals surface area contributed by atoms with Gasteiger partial charge in [-0.2, -0.15) is 0 Å². The van der Waals surface area contributed by atoms with Gasteiger partial charge in [0, 0.05) is 55.0 Å². The largest absolute Gasteiger partial charge is 0.357 e. The predicted molar refractivity (Wildman–Crippen MR) is 167 cm³/mol. The minimum Gasteiger partial charge on any atom is -0.357 e. The van der Waals surface area contributed by atoms with Crippen LogP contribution in [0.15, 0.2) is 53.4 Å². The van der Waals surface area contributed by atoms with Crippen LogP contribution in [0, 0.1) is 5.92 Å². The molecule has 1 aliphatic heterocycles. The fourth-order valence-corrected chi connectivity index (χ4v) is 5.46. The number of halogens is 1. The summed E-state index contributed by atoms with van der Waals surface area (Å²) < 4.78 is 2.15. The monoisotopic (exact) mass is 569 g/mol. The van der Waals surface area contributed by atoms with E-state index in [2.05, 4.69) is 65.0 Å². The topological polar surface area (TPSA) is 70.9 Å². The number of carbonyl (C=O) groups is 1. The Bertz CT molecular complexity index is 1160. The van der Waals surface area contributed by atoms with Crippen molar-refractivity contribution in [2.24, 2.45) is 18.0 Å². The van der Waals surface area contributed by atoms with E-state index in [9.17, 15) is 4.79 Å². The minimum absolute atomic E-state index is 0.0480. The zero-order chi connectivity index (χ0) is 28.9. The molecular formula is C32H48ClN5O2. The van der Waals surface area contributed by atoms with Gasteiger partial charge in [-0.25, -0.2) is 10.5 Å². The minimum atomic E-state index is -0.270. The molecule has 1 aromatic carbocycles. The molecule has 0 saturated carbocycles. The maximum absolute atomic E-state index is 12.7. The van der Waals surface area contributed by atoms with Gasteiger partial charge in [0.15, 0.2) is 0 Å². The van der Waals surface area contributed by atoms with Crippen molar-refractivity contribution >= 4 is 34.6 Å². The van der Waals surface area contributed by atoms with Crippen molar-refractivity contribution in [1.82, 2.24) is 20.3 Å². The molecule has 1 amide bonds. The van der Waals surface area contributed by atoms with Crippen LogP contribution < -0.4 is 10.8 Å². The van der Waals surface area contributed by atoms with Crippen molar-refractivity contribution in [3.05, 3.63) is 59.0 Å². The Kier molecular flexibility index (Phi) is 13.2. The smallest absolute Gasteiger partial charge is 0.276 e. The van der Waals surface area contributed by atoms with Crippen molar-refractivity contribution < 1.29 is 9.63 Å². The van der Waals surface area contributed by atoms with Crippen molar-refractivity contribution in [2.45, 2.75) is 84.8 Å². The average molecular weight is 570 g/mol. The Morgan fingerprint density at radius 1 is 1.23 bits per heavy atom. The molecule has 1 atom stereocenters. The molecule has 40 heavy (non-hydrogen) atoms. The molecule has 220 valence electrons. The number of likely N-dealkylation sites (tertiary alicyclic amines) is 1. The standard InChI is InChI=1S/C32H48ClN5O2/c1-6-9-10-12-29(11-7-2)40-36-32(39)26(8-3)22-35-24(4)38-17-15-25(16-18-38)20-34-21-27-23-37(5)31-14-13-28(33)19-30(27)31/h8,13-14,19,22-23,25,29,34H,4,6-7,9-12,15-18,20-21H2,1-3,5H3,(H,36,39)/b26-8+,35-22-. The number of hydroxylamine groups is 1. The molecule has 3 rings (SSSR count). The number of amides is 1. The van der Waals surface area contributed by atoms with Gasteiger partial charge in [-0.05, 0) is 68.8 Å². The number of hydrogen-bond donors (Lipinski definition) is 2. The van der Waals surface area contributed by atoms with Crippen LogP contribution in [0.4, 0.5) is 0 Å². The highest BCUT2D eigenvalue weighted by atomic mass is 35.5. The number of unbranched alkanes of at least 4 members (excludes halogenated alkanes) is 2. The SMILES string of the molecule is C=C(/N=C\C(=C/C)C(=O)NOC(CCC)CCCCC)N1CCC(CNCc2cn(C)c3ccc(Cl)cc23)CC1. The molecule has 1 aliphatic rings. The Morgan fingerprint density at radius 2 is 2.00 bits per heavy atom. The summed E-state index contributed by atoms with van der Waals surface area (Å²) in [5, 5.41) is 5.63. The van der Waals surface area contributed by atoms with Crippen LogP contribution in [-0.2, 0) is 23.2 Å². The highest BCUT2D eigenvalue weighted by Gasteiger charge is 2.20. The molecule has 8 heteroatoms. The number of aromatic nitrogens is 1. The summed E-state index contributed by atoms with van der Waals surface area (Å²) in [6, 6.07) is 6.06. The summed E-state index contributed by atoms with van der Waals surface area (Å²) in [4.78, 5) is 25.2. The van der Waals surface area contributed by atoms with Crippen molar-refractivity contribution in [1.29, 1.82) is 0 Å². The number of allylic oxidation sites excluding steroid dienone is 1. The molecule has 0 bridgehead atoms. The number of benzene rings is 1. The zero-order valence-corrected chi connectivity index (χ0v) is 25.6. The third-order valence-electron chi connectivity index (χ3n) is 7.75. The van der Waals surface area contributed by atoms with Crippen molar-refractivity contribution in [2.75, 3.05) is 19.6 Å². The van der Waals surface area contributed by atoms with Crippen molar-refractivity contribution in [3.8, 4) is 0 Å². The van der Waals surface area contributed by atoms with Gasteiger partial charge >= 0.3 is 0 Å². The lowest BCUT2D eigenvalue weighted by atomic mass is 9.97. The molecule has 2 heterocycles. The molecular weight excluding hydrogens is 522 g/mol. The Morgan fingerprint density at radius 3 is 2.70 bits per heavy atom. The van der Waals surface area contributed by atoms with Crippen LogP contribution in [0.1, 0.15) is 77.7 Å². The number of carbonyl (C=O) groups excluding carboxylic acids is 1. The fourth-order valence-electron chi connectivity index (χ4n) is 5.28. The van der Waals surface area contributed by atoms with Gasteiger partial charge in [0.25, 0.3) is 5.91 Å². The van der Waals surface area contributed by atoms with E-state index < -0.39 is 0 Å². The van der Waals surface area contributed by atoms with E-state index in [4.69, 9.17) is 16.4 Å². The van der Waals surface area contributed by atoms with Gasteiger partial charge in [-0.15, -0.1) is 0 Å². The molecule has 1 aromatic heterocycles. The summed E-state index contributed by atoms with van der Waals surface area (Å²) in [5.41, 5.74) is 5.58. The highest BCUT2D eigenvalue weighted by molar-refractivity contribution is 6.31. The summed E-state index contributed by atoms with van der Waals surface area (Å²) >= 11 is 6.23. The molecule has 2 N–H and O–H groups in total. The lowest BCUT2D eigenvalue weighted by Gasteiger charge is -2.33. The summed E-state index contributed by atoms with van der Waals surface area (Å²) in [5.74, 6) is 1.03. The molecule has 0 aliphatic carbocycles. The number of piperidine rings is 1. The fraction of sp³-hybridized carbons (Fsp3) is 0.562. The third-order valence-corrected chi connectivity index (χ3v) is 7.98. The van der Waals surface area contributed by atoms with Crippen LogP contribution in [0.3, 0.4) is 0 Å². The normalized spacial score (nSPS) is 15.7. The molecule has 2 aromatic rings. The number of nitrogens with zero attached hydrogens (tertiary/aromatic N) is 3. The van der Waals surface area contributed by atoms with Crippen molar-refractivity contribution in [3.63, 3.8) is 0 Å². The van der Waals surface area contributed by atoms with E-state index >= 15 is 0 Å². The summed E-state index contributed by atoms with van der Waals surface area (Å²) in [7, 11) is 2.07. The number of rotatable bonds is 16. The molecule has 1 saturated heterocycles. The first-order chi connectivity index (χ1) is 19.4. The first kappa shape index (κ1) is 31.9. The first-order valence-corrected chi connectivity index (χ1v) is 15.3.